The SMILES string of the molecule is COC(=O)CC1CCCCN1CC1CC2CCC1C2. The molecule has 2 bridgehead atoms. The van der Waals surface area contributed by atoms with Gasteiger partial charge in [-0.15, -0.1) is 0 Å². The molecule has 1 aliphatic heterocycles. The topological polar surface area (TPSA) is 29.5 Å². The Kier molecular flexibility index (Phi) is 4.11. The minimum Gasteiger partial charge on any atom is -0.469 e. The van der Waals surface area contributed by atoms with Gasteiger partial charge in [-0.1, -0.05) is 12.8 Å². The van der Waals surface area contributed by atoms with Gasteiger partial charge in [-0.25, -0.2) is 0 Å². The molecule has 1 saturated heterocycles. The van der Waals surface area contributed by atoms with Crippen LogP contribution in [-0.2, 0) is 9.53 Å². The average molecular weight is 265 g/mol. The summed E-state index contributed by atoms with van der Waals surface area (Å²) < 4.78 is 4.86. The maximum Gasteiger partial charge on any atom is 0.307 e. The van der Waals surface area contributed by atoms with E-state index < -0.39 is 0 Å². The smallest absolute Gasteiger partial charge is 0.307 e. The summed E-state index contributed by atoms with van der Waals surface area (Å²) in [6, 6.07) is 0.445. The summed E-state index contributed by atoms with van der Waals surface area (Å²) in [6.45, 7) is 2.43. The second-order valence-corrected chi connectivity index (χ2v) is 6.86. The Labute approximate surface area is 116 Å². The Morgan fingerprint density at radius 2 is 2.11 bits per heavy atom. The van der Waals surface area contributed by atoms with Crippen molar-refractivity contribution >= 4 is 5.97 Å². The van der Waals surface area contributed by atoms with Gasteiger partial charge in [-0.05, 0) is 56.4 Å². The van der Waals surface area contributed by atoms with E-state index in [-0.39, 0.29) is 5.97 Å². The summed E-state index contributed by atoms with van der Waals surface area (Å²) in [4.78, 5) is 14.1. The van der Waals surface area contributed by atoms with Gasteiger partial charge in [-0.3, -0.25) is 9.69 Å². The summed E-state index contributed by atoms with van der Waals surface area (Å²) in [5.41, 5.74) is 0. The zero-order valence-electron chi connectivity index (χ0n) is 12.1. The number of fused-ring (bicyclic) bond motifs is 2. The van der Waals surface area contributed by atoms with Crippen molar-refractivity contribution in [2.45, 2.75) is 57.4 Å². The minimum absolute atomic E-state index is 0.0372. The van der Waals surface area contributed by atoms with E-state index in [4.69, 9.17) is 4.74 Å². The van der Waals surface area contributed by atoms with Gasteiger partial charge >= 0.3 is 5.97 Å². The maximum absolute atomic E-state index is 11.5. The largest absolute Gasteiger partial charge is 0.469 e. The predicted octanol–water partition coefficient (Wildman–Crippen LogP) is 2.84. The van der Waals surface area contributed by atoms with E-state index >= 15 is 0 Å². The van der Waals surface area contributed by atoms with Crippen molar-refractivity contribution in [3.63, 3.8) is 0 Å². The second-order valence-electron chi connectivity index (χ2n) is 6.86. The zero-order chi connectivity index (χ0) is 13.2. The van der Waals surface area contributed by atoms with Crippen LogP contribution in [-0.4, -0.2) is 37.1 Å². The van der Waals surface area contributed by atoms with Crippen molar-refractivity contribution < 1.29 is 9.53 Å². The molecule has 4 unspecified atom stereocenters. The van der Waals surface area contributed by atoms with Gasteiger partial charge in [0.05, 0.1) is 13.5 Å². The first-order chi connectivity index (χ1) is 9.26. The highest BCUT2D eigenvalue weighted by Crippen LogP contribution is 2.48. The first-order valence-electron chi connectivity index (χ1n) is 8.07. The first kappa shape index (κ1) is 13.4. The van der Waals surface area contributed by atoms with E-state index in [9.17, 15) is 4.79 Å². The standard InChI is InChI=1S/C16H27NO2/c1-19-16(18)10-15-4-2-3-7-17(15)11-14-9-12-5-6-13(14)8-12/h12-15H,2-11H2,1H3. The fraction of sp³-hybridized carbons (Fsp3) is 0.938. The van der Waals surface area contributed by atoms with Crippen LogP contribution >= 0.6 is 0 Å². The lowest BCUT2D eigenvalue weighted by molar-refractivity contribution is -0.142. The number of likely N-dealkylation sites (tertiary alicyclic amines) is 1. The maximum atomic E-state index is 11.5. The van der Waals surface area contributed by atoms with Crippen molar-refractivity contribution in [1.29, 1.82) is 0 Å². The molecule has 3 aliphatic rings. The Hall–Kier alpha value is -0.570. The van der Waals surface area contributed by atoms with Gasteiger partial charge < -0.3 is 4.74 Å². The summed E-state index contributed by atoms with van der Waals surface area (Å²) in [5, 5.41) is 0. The fourth-order valence-corrected chi connectivity index (χ4v) is 4.71. The molecule has 2 aliphatic carbocycles. The highest BCUT2D eigenvalue weighted by molar-refractivity contribution is 5.69. The van der Waals surface area contributed by atoms with E-state index in [1.54, 1.807) is 0 Å². The molecular formula is C16H27NO2. The molecular weight excluding hydrogens is 238 g/mol. The number of nitrogens with zero attached hydrogens (tertiary/aromatic N) is 1. The molecule has 3 heteroatoms. The summed E-state index contributed by atoms with van der Waals surface area (Å²) in [6.07, 6.45) is 10.2. The van der Waals surface area contributed by atoms with Crippen molar-refractivity contribution in [3.05, 3.63) is 0 Å². The highest BCUT2D eigenvalue weighted by Gasteiger charge is 2.41. The van der Waals surface area contributed by atoms with Crippen LogP contribution in [0.5, 0.6) is 0 Å². The molecule has 0 aromatic rings. The predicted molar refractivity (Wildman–Crippen MR) is 74.8 cm³/mol. The van der Waals surface area contributed by atoms with E-state index in [1.165, 1.54) is 65.1 Å². The molecule has 0 aromatic carbocycles. The number of hydrogen-bond acceptors (Lipinski definition) is 3. The zero-order valence-corrected chi connectivity index (χ0v) is 12.1. The van der Waals surface area contributed by atoms with Crippen molar-refractivity contribution in [3.8, 4) is 0 Å². The molecule has 0 radical (unpaired) electrons. The normalized spacial score (nSPS) is 38.6. The van der Waals surface area contributed by atoms with E-state index in [0.29, 0.717) is 12.5 Å². The van der Waals surface area contributed by atoms with Gasteiger partial charge in [0.25, 0.3) is 0 Å². The number of rotatable bonds is 4. The Morgan fingerprint density at radius 1 is 1.21 bits per heavy atom. The molecule has 3 rings (SSSR count). The Bertz CT molecular complexity index is 331. The third-order valence-corrected chi connectivity index (χ3v) is 5.73. The summed E-state index contributed by atoms with van der Waals surface area (Å²) in [7, 11) is 1.51. The van der Waals surface area contributed by atoms with Crippen LogP contribution in [0.2, 0.25) is 0 Å². The monoisotopic (exact) mass is 265 g/mol. The number of carbonyl (C=O) groups is 1. The molecule has 0 N–H and O–H groups in total. The van der Waals surface area contributed by atoms with Crippen molar-refractivity contribution in [2.75, 3.05) is 20.2 Å². The summed E-state index contributed by atoms with van der Waals surface area (Å²) in [5.74, 6) is 2.89. The molecule has 0 aromatic heterocycles. The number of methoxy groups -OCH3 is 1. The Balaban J connectivity index is 1.56. The average Bonchev–Trinajstić information content (AvgIpc) is 3.03. The van der Waals surface area contributed by atoms with Gasteiger partial charge in [0, 0.05) is 12.6 Å². The lowest BCUT2D eigenvalue weighted by Gasteiger charge is -2.38. The second kappa shape index (κ2) is 5.82. The van der Waals surface area contributed by atoms with Crippen LogP contribution < -0.4 is 0 Å². The summed E-state index contributed by atoms with van der Waals surface area (Å²) >= 11 is 0. The van der Waals surface area contributed by atoms with Crippen molar-refractivity contribution in [2.24, 2.45) is 17.8 Å². The van der Waals surface area contributed by atoms with Gasteiger partial charge in [0.1, 0.15) is 0 Å². The van der Waals surface area contributed by atoms with Gasteiger partial charge in [-0.2, -0.15) is 0 Å². The van der Waals surface area contributed by atoms with Crippen LogP contribution in [0.3, 0.4) is 0 Å². The molecule has 2 saturated carbocycles. The lowest BCUT2D eigenvalue weighted by atomic mass is 9.87. The van der Waals surface area contributed by atoms with Gasteiger partial charge in [0.15, 0.2) is 0 Å². The molecule has 0 amide bonds. The molecule has 3 nitrogen and oxygen atoms in total. The van der Waals surface area contributed by atoms with E-state index in [0.717, 1.165) is 17.8 Å². The molecule has 1 heterocycles. The first-order valence-corrected chi connectivity index (χ1v) is 8.07. The number of hydrogen-bond donors (Lipinski definition) is 0. The van der Waals surface area contributed by atoms with E-state index in [1.807, 2.05) is 0 Å². The minimum atomic E-state index is -0.0372. The molecule has 108 valence electrons. The van der Waals surface area contributed by atoms with Gasteiger partial charge in [0.2, 0.25) is 0 Å². The molecule has 19 heavy (non-hydrogen) atoms. The number of esters is 1. The molecule has 0 spiro atoms. The molecule has 3 fully saturated rings. The van der Waals surface area contributed by atoms with Crippen LogP contribution in [0, 0.1) is 17.8 Å². The third-order valence-electron chi connectivity index (χ3n) is 5.73. The van der Waals surface area contributed by atoms with Crippen LogP contribution in [0.15, 0.2) is 0 Å². The lowest BCUT2D eigenvalue weighted by Crippen LogP contribution is -2.44. The van der Waals surface area contributed by atoms with Crippen LogP contribution in [0.1, 0.15) is 51.4 Å². The third kappa shape index (κ3) is 2.96. The van der Waals surface area contributed by atoms with Crippen LogP contribution in [0.4, 0.5) is 0 Å². The molecule has 4 atom stereocenters. The van der Waals surface area contributed by atoms with Crippen LogP contribution in [0.25, 0.3) is 0 Å². The number of piperidine rings is 1. The van der Waals surface area contributed by atoms with E-state index in [2.05, 4.69) is 4.90 Å². The van der Waals surface area contributed by atoms with Crippen molar-refractivity contribution in [1.82, 2.24) is 4.90 Å². The Morgan fingerprint density at radius 3 is 2.79 bits per heavy atom. The quantitative estimate of drug-likeness (QED) is 0.732. The number of ether oxygens (including phenoxy) is 1. The fourth-order valence-electron chi connectivity index (χ4n) is 4.71. The highest BCUT2D eigenvalue weighted by atomic mass is 16.5. The number of carbonyl (C=O) groups excluding carboxylic acids is 1.